The zero-order valence-electron chi connectivity index (χ0n) is 16.1. The van der Waals surface area contributed by atoms with Gasteiger partial charge in [0.2, 0.25) is 0 Å². The third-order valence-corrected chi connectivity index (χ3v) is 7.49. The number of aromatic amines is 1. The van der Waals surface area contributed by atoms with Crippen molar-refractivity contribution in [2.45, 2.75) is 43.2 Å². The highest BCUT2D eigenvalue weighted by Gasteiger charge is 2.30. The van der Waals surface area contributed by atoms with E-state index in [0.29, 0.717) is 33.8 Å². The summed E-state index contributed by atoms with van der Waals surface area (Å²) in [5.74, 6) is 0.289. The molecule has 0 bridgehead atoms. The van der Waals surface area contributed by atoms with Gasteiger partial charge in [-0.2, -0.15) is 10.4 Å². The van der Waals surface area contributed by atoms with Crippen molar-refractivity contribution in [2.75, 3.05) is 5.32 Å². The Morgan fingerprint density at radius 2 is 2.10 bits per heavy atom. The number of nitriles is 1. The fraction of sp³-hybridized carbons (Fsp3) is 0.350. The van der Waals surface area contributed by atoms with Crippen LogP contribution < -0.4 is 15.6 Å². The van der Waals surface area contributed by atoms with E-state index >= 15 is 0 Å². The fourth-order valence-corrected chi connectivity index (χ4v) is 5.73. The number of aromatic nitrogens is 3. The molecule has 0 amide bonds. The van der Waals surface area contributed by atoms with Crippen molar-refractivity contribution in [1.82, 2.24) is 19.5 Å². The molecule has 3 heterocycles. The fourth-order valence-electron chi connectivity index (χ4n) is 4.46. The smallest absolute Gasteiger partial charge is 0.261 e. The summed E-state index contributed by atoms with van der Waals surface area (Å²) in [6.45, 7) is 0.356. The summed E-state index contributed by atoms with van der Waals surface area (Å²) in [7, 11) is -2.94. The van der Waals surface area contributed by atoms with Crippen molar-refractivity contribution < 1.29 is 9.11 Å². The van der Waals surface area contributed by atoms with Crippen LogP contribution in [-0.4, -0.2) is 23.9 Å². The number of anilines is 2. The van der Waals surface area contributed by atoms with Crippen molar-refractivity contribution in [3.05, 3.63) is 46.4 Å². The van der Waals surface area contributed by atoms with Gasteiger partial charge in [-0.1, -0.05) is 12.8 Å². The lowest BCUT2D eigenvalue weighted by Crippen LogP contribution is -2.23. The monoisotopic (exact) mass is 426 g/mol. The number of benzene rings is 1. The molecule has 30 heavy (non-hydrogen) atoms. The predicted molar refractivity (Wildman–Crippen MR) is 115 cm³/mol. The average Bonchev–Trinajstić information content (AvgIpc) is 3.26. The Kier molecular flexibility index (Phi) is 4.56. The van der Waals surface area contributed by atoms with Crippen LogP contribution in [0, 0.1) is 17.2 Å². The van der Waals surface area contributed by atoms with Gasteiger partial charge in [0.25, 0.3) is 5.56 Å². The Hall–Kier alpha value is -2.84. The van der Waals surface area contributed by atoms with Crippen LogP contribution in [0.4, 0.5) is 11.5 Å². The number of nitrogens with one attached hydrogen (secondary N) is 3. The molecule has 9 nitrogen and oxygen atoms in total. The van der Waals surface area contributed by atoms with E-state index in [1.165, 1.54) is 0 Å². The van der Waals surface area contributed by atoms with Gasteiger partial charge in [-0.05, 0) is 42.7 Å². The van der Waals surface area contributed by atoms with Gasteiger partial charge >= 0.3 is 0 Å². The van der Waals surface area contributed by atoms with E-state index < -0.39 is 10.8 Å². The summed E-state index contributed by atoms with van der Waals surface area (Å²) in [5.41, 5.74) is 1.94. The van der Waals surface area contributed by atoms with E-state index in [1.54, 1.807) is 18.3 Å². The second kappa shape index (κ2) is 7.14. The van der Waals surface area contributed by atoms with E-state index in [9.17, 15) is 19.2 Å². The van der Waals surface area contributed by atoms with Gasteiger partial charge in [0.05, 0.1) is 28.4 Å². The molecule has 3 aromatic rings. The van der Waals surface area contributed by atoms with Crippen molar-refractivity contribution in [3.8, 4) is 6.07 Å². The number of hydrogen-bond donors (Lipinski definition) is 5. The number of H-pyrrole nitrogens is 1. The first-order valence-electron chi connectivity index (χ1n) is 9.90. The molecule has 2 aromatic heterocycles. The first kappa shape index (κ1) is 19.1. The van der Waals surface area contributed by atoms with E-state index in [1.807, 2.05) is 16.8 Å². The molecule has 0 unspecified atom stereocenters. The minimum absolute atomic E-state index is 0.0687. The van der Waals surface area contributed by atoms with Gasteiger partial charge in [-0.15, -0.1) is 10.8 Å². The second-order valence-corrected chi connectivity index (χ2v) is 9.59. The number of fused-ring (bicyclic) bond motifs is 2. The molecule has 2 aliphatic rings. The summed E-state index contributed by atoms with van der Waals surface area (Å²) in [6.07, 6.45) is 5.34. The number of pyridine rings is 1. The zero-order chi connectivity index (χ0) is 20.9. The molecule has 1 aliphatic heterocycles. The molecule has 10 heteroatoms. The van der Waals surface area contributed by atoms with Gasteiger partial charge < -0.3 is 10.3 Å². The highest BCUT2D eigenvalue weighted by Crippen LogP contribution is 2.51. The summed E-state index contributed by atoms with van der Waals surface area (Å²) in [5, 5.41) is 18.0. The largest absolute Gasteiger partial charge is 0.338 e. The molecule has 1 aliphatic carbocycles. The van der Waals surface area contributed by atoms with Gasteiger partial charge in [0, 0.05) is 18.4 Å². The Morgan fingerprint density at radius 3 is 2.93 bits per heavy atom. The van der Waals surface area contributed by atoms with Crippen LogP contribution in [0.3, 0.4) is 0 Å². The van der Waals surface area contributed by atoms with Gasteiger partial charge in [0.15, 0.2) is 5.82 Å². The molecule has 5 rings (SSSR count). The van der Waals surface area contributed by atoms with Crippen LogP contribution in [0.25, 0.3) is 10.9 Å². The molecule has 0 spiro atoms. The molecule has 1 aromatic carbocycles. The van der Waals surface area contributed by atoms with Crippen LogP contribution in [0.1, 0.15) is 37.3 Å². The first-order valence-corrected chi connectivity index (χ1v) is 11.4. The Morgan fingerprint density at radius 1 is 1.27 bits per heavy atom. The maximum atomic E-state index is 12.6. The third-order valence-electron chi connectivity index (χ3n) is 5.93. The van der Waals surface area contributed by atoms with Crippen LogP contribution >= 0.6 is 10.8 Å². The minimum atomic E-state index is -2.94. The molecule has 156 valence electrons. The normalized spacial score (nSPS) is 23.6. The van der Waals surface area contributed by atoms with Crippen LogP contribution in [0.5, 0.6) is 0 Å². The van der Waals surface area contributed by atoms with E-state index in [-0.39, 0.29) is 17.5 Å². The molecule has 0 saturated heterocycles. The van der Waals surface area contributed by atoms with Crippen LogP contribution in [0.2, 0.25) is 0 Å². The predicted octanol–water partition coefficient (Wildman–Crippen LogP) is 3.85. The molecular weight excluding hydrogens is 404 g/mol. The van der Waals surface area contributed by atoms with E-state index in [4.69, 9.17) is 5.10 Å². The van der Waals surface area contributed by atoms with Crippen molar-refractivity contribution in [3.63, 3.8) is 0 Å². The van der Waals surface area contributed by atoms with Crippen LogP contribution in [0.15, 0.2) is 40.2 Å². The molecule has 0 radical (unpaired) electrons. The summed E-state index contributed by atoms with van der Waals surface area (Å²) >= 11 is 0. The van der Waals surface area contributed by atoms with Gasteiger partial charge in [0.1, 0.15) is 5.39 Å². The van der Waals surface area contributed by atoms with Crippen LogP contribution in [-0.2, 0) is 6.54 Å². The Bertz CT molecular complexity index is 1230. The lowest BCUT2D eigenvalue weighted by atomic mass is 9.85. The molecule has 1 fully saturated rings. The van der Waals surface area contributed by atoms with Gasteiger partial charge in [-0.3, -0.25) is 18.6 Å². The lowest BCUT2D eigenvalue weighted by Gasteiger charge is -2.27. The van der Waals surface area contributed by atoms with Crippen molar-refractivity contribution >= 4 is 33.2 Å². The molecule has 5 N–H and O–H groups in total. The topological polar surface area (TPSA) is 139 Å². The maximum absolute atomic E-state index is 12.6. The van der Waals surface area contributed by atoms with Crippen molar-refractivity contribution in [1.29, 1.82) is 5.26 Å². The minimum Gasteiger partial charge on any atom is -0.338 e. The first-order chi connectivity index (χ1) is 14.5. The lowest BCUT2D eigenvalue weighted by molar-refractivity contribution is 0.277. The third kappa shape index (κ3) is 3.07. The number of nitrogens with zero attached hydrogens (tertiary/aromatic N) is 3. The highest BCUT2D eigenvalue weighted by atomic mass is 32.3. The molecule has 1 saturated carbocycles. The Labute approximate surface area is 174 Å². The second-order valence-electron chi connectivity index (χ2n) is 7.77. The Balaban J connectivity index is 1.57. The van der Waals surface area contributed by atoms with Gasteiger partial charge in [-0.25, -0.2) is 4.72 Å². The zero-order valence-corrected chi connectivity index (χ0v) is 16.9. The summed E-state index contributed by atoms with van der Waals surface area (Å²) in [6, 6.07) is 9.39. The average molecular weight is 427 g/mol. The maximum Gasteiger partial charge on any atom is 0.261 e. The number of hydrogen-bond acceptors (Lipinski definition) is 7. The van der Waals surface area contributed by atoms with Crippen molar-refractivity contribution in [2.24, 2.45) is 5.92 Å². The summed E-state index contributed by atoms with van der Waals surface area (Å²) < 4.78 is 24.6. The molecule has 2 atom stereocenters. The quantitative estimate of drug-likeness (QED) is 0.429. The van der Waals surface area contributed by atoms with E-state index in [0.717, 1.165) is 31.2 Å². The molecular formula is C20H22N6O3S. The van der Waals surface area contributed by atoms with E-state index in [2.05, 4.69) is 21.1 Å². The summed E-state index contributed by atoms with van der Waals surface area (Å²) in [4.78, 5) is 15.8. The number of rotatable bonds is 3. The standard InChI is InChI=1S/C20H22N6O3S/c21-10-12-3-1-2-4-15(12)26-16-7-8-22-20(27)18(16)19(25-26)24-14-5-6-17-13(9-14)11-23-30(17,28)29/h5-9,12,15,23,28-29H,1-4,11H2,(H,22,27)(H,24,25)/t12-,15+/m1/s1. The highest BCUT2D eigenvalue weighted by molar-refractivity contribution is 8.22. The SMILES string of the molecule is N#C[C@H]1CCCC[C@@H]1n1nc(Nc2ccc3c(c2)CNS3(O)O)c2c(=O)[nH]ccc21.